The Morgan fingerprint density at radius 2 is 1.95 bits per heavy atom. The SMILES string of the molecule is ClCc1cnc(OCC2CCOCC2)c2ccccc12. The Morgan fingerprint density at radius 3 is 2.70 bits per heavy atom. The molecule has 3 nitrogen and oxygen atoms in total. The van der Waals surface area contributed by atoms with Gasteiger partial charge in [-0.05, 0) is 35.8 Å². The number of fused-ring (bicyclic) bond motifs is 1. The molecule has 20 heavy (non-hydrogen) atoms. The normalized spacial score (nSPS) is 16.4. The fourth-order valence-corrected chi connectivity index (χ4v) is 2.77. The van der Waals surface area contributed by atoms with Gasteiger partial charge in [0.1, 0.15) is 0 Å². The second-order valence-electron chi connectivity index (χ2n) is 5.13. The molecule has 0 N–H and O–H groups in total. The van der Waals surface area contributed by atoms with E-state index in [9.17, 15) is 0 Å². The van der Waals surface area contributed by atoms with E-state index >= 15 is 0 Å². The van der Waals surface area contributed by atoms with Gasteiger partial charge in [-0.25, -0.2) is 4.98 Å². The van der Waals surface area contributed by atoms with Crippen molar-refractivity contribution in [2.75, 3.05) is 19.8 Å². The van der Waals surface area contributed by atoms with E-state index in [1.807, 2.05) is 24.4 Å². The second kappa shape index (κ2) is 6.42. The van der Waals surface area contributed by atoms with Crippen molar-refractivity contribution in [1.82, 2.24) is 4.98 Å². The fourth-order valence-electron chi connectivity index (χ4n) is 2.56. The van der Waals surface area contributed by atoms with Gasteiger partial charge in [0.2, 0.25) is 5.88 Å². The summed E-state index contributed by atoms with van der Waals surface area (Å²) in [4.78, 5) is 4.42. The molecule has 106 valence electrons. The predicted molar refractivity (Wildman–Crippen MR) is 80.3 cm³/mol. The topological polar surface area (TPSA) is 31.4 Å². The molecule has 3 rings (SSSR count). The van der Waals surface area contributed by atoms with Gasteiger partial charge in [-0.15, -0.1) is 11.6 Å². The number of hydrogen-bond donors (Lipinski definition) is 0. The van der Waals surface area contributed by atoms with Crippen LogP contribution in [0.15, 0.2) is 30.5 Å². The summed E-state index contributed by atoms with van der Waals surface area (Å²) in [6, 6.07) is 8.12. The van der Waals surface area contributed by atoms with Crippen molar-refractivity contribution in [3.8, 4) is 5.88 Å². The molecule has 0 amide bonds. The number of pyridine rings is 1. The number of ether oxygens (including phenoxy) is 2. The number of alkyl halides is 1. The lowest BCUT2D eigenvalue weighted by Crippen LogP contribution is -2.21. The first kappa shape index (κ1) is 13.7. The maximum absolute atomic E-state index is 5.96. The summed E-state index contributed by atoms with van der Waals surface area (Å²) in [5, 5.41) is 2.16. The summed E-state index contributed by atoms with van der Waals surface area (Å²) in [6.45, 7) is 2.39. The first-order valence-corrected chi connectivity index (χ1v) is 7.55. The van der Waals surface area contributed by atoms with E-state index in [2.05, 4.69) is 11.1 Å². The van der Waals surface area contributed by atoms with Crippen molar-refractivity contribution in [1.29, 1.82) is 0 Å². The molecule has 4 heteroatoms. The van der Waals surface area contributed by atoms with Crippen LogP contribution in [0.1, 0.15) is 18.4 Å². The minimum absolute atomic E-state index is 0.466. The number of benzene rings is 1. The Labute approximate surface area is 123 Å². The Hall–Kier alpha value is -1.32. The number of aromatic nitrogens is 1. The zero-order valence-electron chi connectivity index (χ0n) is 11.3. The van der Waals surface area contributed by atoms with Crippen LogP contribution in [-0.2, 0) is 10.6 Å². The number of hydrogen-bond acceptors (Lipinski definition) is 3. The first-order chi connectivity index (χ1) is 9.88. The van der Waals surface area contributed by atoms with Gasteiger partial charge in [0.05, 0.1) is 6.61 Å². The molecular weight excluding hydrogens is 274 g/mol. The highest BCUT2D eigenvalue weighted by atomic mass is 35.5. The maximum atomic E-state index is 5.96. The van der Waals surface area contributed by atoms with Gasteiger partial charge < -0.3 is 9.47 Å². The molecule has 1 saturated heterocycles. The Kier molecular flexibility index (Phi) is 4.38. The van der Waals surface area contributed by atoms with Crippen LogP contribution in [0.2, 0.25) is 0 Å². The van der Waals surface area contributed by atoms with Crippen molar-refractivity contribution < 1.29 is 9.47 Å². The lowest BCUT2D eigenvalue weighted by atomic mass is 10.0. The third-order valence-electron chi connectivity index (χ3n) is 3.78. The third kappa shape index (κ3) is 2.89. The summed E-state index contributed by atoms with van der Waals surface area (Å²) in [7, 11) is 0. The lowest BCUT2D eigenvalue weighted by molar-refractivity contribution is 0.0493. The second-order valence-corrected chi connectivity index (χ2v) is 5.40. The Balaban J connectivity index is 1.80. The van der Waals surface area contributed by atoms with Crippen molar-refractivity contribution in [2.24, 2.45) is 5.92 Å². The van der Waals surface area contributed by atoms with Crippen LogP contribution in [-0.4, -0.2) is 24.8 Å². The van der Waals surface area contributed by atoms with E-state index in [4.69, 9.17) is 21.1 Å². The molecule has 1 aliphatic heterocycles. The van der Waals surface area contributed by atoms with E-state index in [1.165, 1.54) is 0 Å². The minimum atomic E-state index is 0.466. The van der Waals surface area contributed by atoms with E-state index in [0.717, 1.165) is 42.4 Å². The molecular formula is C16H18ClNO2. The molecule has 0 atom stereocenters. The van der Waals surface area contributed by atoms with Crippen LogP contribution < -0.4 is 4.74 Å². The van der Waals surface area contributed by atoms with Crippen LogP contribution in [0.5, 0.6) is 5.88 Å². The average molecular weight is 292 g/mol. The summed E-state index contributed by atoms with van der Waals surface area (Å²) >= 11 is 5.96. The summed E-state index contributed by atoms with van der Waals surface area (Å²) in [5.41, 5.74) is 1.04. The molecule has 0 unspecified atom stereocenters. The van der Waals surface area contributed by atoms with Gasteiger partial charge in [0.15, 0.2) is 0 Å². The molecule has 2 aromatic rings. The van der Waals surface area contributed by atoms with E-state index in [1.54, 1.807) is 0 Å². The molecule has 1 fully saturated rings. The average Bonchev–Trinajstić information content (AvgIpc) is 2.53. The molecule has 0 bridgehead atoms. The van der Waals surface area contributed by atoms with Gasteiger partial charge in [0, 0.05) is 30.7 Å². The summed E-state index contributed by atoms with van der Waals surface area (Å²) < 4.78 is 11.3. The van der Waals surface area contributed by atoms with Crippen molar-refractivity contribution in [3.05, 3.63) is 36.0 Å². The van der Waals surface area contributed by atoms with Crippen LogP contribution >= 0.6 is 11.6 Å². The third-order valence-corrected chi connectivity index (χ3v) is 4.07. The van der Waals surface area contributed by atoms with Crippen LogP contribution in [0.25, 0.3) is 10.8 Å². The zero-order chi connectivity index (χ0) is 13.8. The highest BCUT2D eigenvalue weighted by Crippen LogP contribution is 2.28. The lowest BCUT2D eigenvalue weighted by Gasteiger charge is -2.22. The van der Waals surface area contributed by atoms with Crippen molar-refractivity contribution >= 4 is 22.4 Å². The Morgan fingerprint density at radius 1 is 1.20 bits per heavy atom. The largest absolute Gasteiger partial charge is 0.477 e. The van der Waals surface area contributed by atoms with E-state index < -0.39 is 0 Å². The summed E-state index contributed by atoms with van der Waals surface area (Å²) in [5.74, 6) is 1.74. The van der Waals surface area contributed by atoms with E-state index in [-0.39, 0.29) is 0 Å². The van der Waals surface area contributed by atoms with Crippen LogP contribution in [0, 0.1) is 5.92 Å². The zero-order valence-corrected chi connectivity index (χ0v) is 12.1. The fraction of sp³-hybridized carbons (Fsp3) is 0.438. The van der Waals surface area contributed by atoms with Gasteiger partial charge in [-0.3, -0.25) is 0 Å². The van der Waals surface area contributed by atoms with Crippen LogP contribution in [0.3, 0.4) is 0 Å². The van der Waals surface area contributed by atoms with Gasteiger partial charge in [-0.2, -0.15) is 0 Å². The molecule has 0 spiro atoms. The smallest absolute Gasteiger partial charge is 0.221 e. The Bertz CT molecular complexity index is 582. The monoisotopic (exact) mass is 291 g/mol. The van der Waals surface area contributed by atoms with Gasteiger partial charge >= 0.3 is 0 Å². The maximum Gasteiger partial charge on any atom is 0.221 e. The quantitative estimate of drug-likeness (QED) is 0.803. The number of halogens is 1. The standard InChI is InChI=1S/C16H18ClNO2/c17-9-13-10-18-16(15-4-2-1-3-14(13)15)20-11-12-5-7-19-8-6-12/h1-4,10,12H,5-9,11H2. The molecule has 0 radical (unpaired) electrons. The predicted octanol–water partition coefficient (Wildman–Crippen LogP) is 3.78. The highest BCUT2D eigenvalue weighted by molar-refractivity contribution is 6.18. The summed E-state index contributed by atoms with van der Waals surface area (Å²) in [6.07, 6.45) is 3.95. The molecule has 2 heterocycles. The number of rotatable bonds is 4. The highest BCUT2D eigenvalue weighted by Gasteiger charge is 2.15. The molecule has 0 aliphatic carbocycles. The molecule has 1 aliphatic rings. The van der Waals surface area contributed by atoms with Crippen molar-refractivity contribution in [2.45, 2.75) is 18.7 Å². The molecule has 0 saturated carbocycles. The van der Waals surface area contributed by atoms with Gasteiger partial charge in [0.25, 0.3) is 0 Å². The van der Waals surface area contributed by atoms with Gasteiger partial charge in [-0.1, -0.05) is 18.2 Å². The molecule has 1 aromatic heterocycles. The first-order valence-electron chi connectivity index (χ1n) is 7.01. The van der Waals surface area contributed by atoms with Crippen molar-refractivity contribution in [3.63, 3.8) is 0 Å². The van der Waals surface area contributed by atoms with Crippen LogP contribution in [0.4, 0.5) is 0 Å². The van der Waals surface area contributed by atoms with E-state index in [0.29, 0.717) is 24.3 Å². The minimum Gasteiger partial charge on any atom is -0.477 e. The number of nitrogens with zero attached hydrogens (tertiary/aromatic N) is 1. The molecule has 1 aromatic carbocycles.